The first-order valence-electron chi connectivity index (χ1n) is 10.6. The van der Waals surface area contributed by atoms with Gasteiger partial charge >= 0.3 is 0 Å². The predicted molar refractivity (Wildman–Crippen MR) is 132 cm³/mol. The number of nitrogens with zero attached hydrogens (tertiary/aromatic N) is 4. The van der Waals surface area contributed by atoms with Crippen molar-refractivity contribution in [1.82, 2.24) is 9.38 Å². The van der Waals surface area contributed by atoms with Crippen LogP contribution in [-0.2, 0) is 0 Å². The van der Waals surface area contributed by atoms with E-state index in [2.05, 4.69) is 0 Å². The summed E-state index contributed by atoms with van der Waals surface area (Å²) in [6.07, 6.45) is 0. The molecule has 0 fully saturated rings. The van der Waals surface area contributed by atoms with Crippen LogP contribution in [0.5, 0.6) is 0 Å². The molecule has 0 unspecified atom stereocenters. The zero-order valence-electron chi connectivity index (χ0n) is 17.9. The number of nitro groups is 2. The highest BCUT2D eigenvalue weighted by atomic mass is 16.6. The molecule has 0 atom stereocenters. The number of aromatic nitrogens is 2. The van der Waals surface area contributed by atoms with Gasteiger partial charge in [0, 0.05) is 51.6 Å². The SMILES string of the molecule is O=c1c2cccc3cccc(c32)c2nc(-c3ccc([N+](=O)[O-])cc3)c(-c3ccc([N+](=O)[O-])cc3)n12. The molecule has 2 aromatic heterocycles. The van der Waals surface area contributed by atoms with E-state index in [1.54, 1.807) is 30.3 Å². The molecule has 35 heavy (non-hydrogen) atoms. The van der Waals surface area contributed by atoms with Crippen molar-refractivity contribution in [3.05, 3.63) is 116 Å². The minimum absolute atomic E-state index is 0.0668. The van der Waals surface area contributed by atoms with Crippen LogP contribution in [0.15, 0.2) is 89.7 Å². The summed E-state index contributed by atoms with van der Waals surface area (Å²) in [7, 11) is 0. The van der Waals surface area contributed by atoms with Crippen LogP contribution in [0.1, 0.15) is 0 Å². The van der Waals surface area contributed by atoms with E-state index in [4.69, 9.17) is 4.98 Å². The maximum absolute atomic E-state index is 13.8. The van der Waals surface area contributed by atoms with E-state index in [0.717, 1.165) is 16.2 Å². The summed E-state index contributed by atoms with van der Waals surface area (Å²) in [6, 6.07) is 23.1. The van der Waals surface area contributed by atoms with Crippen molar-refractivity contribution in [2.75, 3.05) is 0 Å². The van der Waals surface area contributed by atoms with Crippen molar-refractivity contribution in [3.63, 3.8) is 0 Å². The molecule has 4 aromatic carbocycles. The number of non-ortho nitro benzene ring substituents is 2. The lowest BCUT2D eigenvalue weighted by Crippen LogP contribution is -2.14. The van der Waals surface area contributed by atoms with E-state index in [9.17, 15) is 25.0 Å². The fourth-order valence-electron chi connectivity index (χ4n) is 4.57. The van der Waals surface area contributed by atoms with Crippen molar-refractivity contribution >= 4 is 38.6 Å². The molecule has 0 radical (unpaired) electrons. The molecule has 0 N–H and O–H groups in total. The van der Waals surface area contributed by atoms with Gasteiger partial charge in [0.25, 0.3) is 16.9 Å². The quantitative estimate of drug-likeness (QED) is 0.249. The Morgan fingerprint density at radius 2 is 1.23 bits per heavy atom. The maximum Gasteiger partial charge on any atom is 0.269 e. The molecular weight excluding hydrogens is 448 g/mol. The van der Waals surface area contributed by atoms with E-state index in [-0.39, 0.29) is 16.9 Å². The molecule has 168 valence electrons. The van der Waals surface area contributed by atoms with Gasteiger partial charge in [-0.3, -0.25) is 29.4 Å². The van der Waals surface area contributed by atoms with Crippen LogP contribution in [0.25, 0.3) is 49.7 Å². The van der Waals surface area contributed by atoms with Crippen molar-refractivity contribution in [2.45, 2.75) is 0 Å². The van der Waals surface area contributed by atoms with Crippen LogP contribution >= 0.6 is 0 Å². The summed E-state index contributed by atoms with van der Waals surface area (Å²) in [5.41, 5.74) is 2.08. The van der Waals surface area contributed by atoms with Gasteiger partial charge in [0.05, 0.1) is 21.2 Å². The Hall–Kier alpha value is -5.18. The first-order chi connectivity index (χ1) is 16.9. The zero-order valence-corrected chi connectivity index (χ0v) is 17.9. The topological polar surface area (TPSA) is 121 Å². The smallest absolute Gasteiger partial charge is 0.268 e. The highest BCUT2D eigenvalue weighted by molar-refractivity contribution is 6.15. The van der Waals surface area contributed by atoms with Gasteiger partial charge in [-0.25, -0.2) is 4.98 Å². The molecule has 0 bridgehead atoms. The van der Waals surface area contributed by atoms with Crippen LogP contribution in [0, 0.1) is 20.2 Å². The number of hydrogen-bond acceptors (Lipinski definition) is 6. The fraction of sp³-hybridized carbons (Fsp3) is 0. The molecule has 6 rings (SSSR count). The largest absolute Gasteiger partial charge is 0.269 e. The lowest BCUT2D eigenvalue weighted by atomic mass is 10.0. The van der Waals surface area contributed by atoms with Crippen LogP contribution in [0.3, 0.4) is 0 Å². The molecule has 0 aliphatic rings. The Balaban J connectivity index is 1.75. The van der Waals surface area contributed by atoms with E-state index in [1.807, 2.05) is 30.3 Å². The van der Waals surface area contributed by atoms with E-state index in [1.165, 1.54) is 28.7 Å². The number of rotatable bonds is 4. The Labute approximate surface area is 196 Å². The summed E-state index contributed by atoms with van der Waals surface area (Å²) >= 11 is 0. The monoisotopic (exact) mass is 462 g/mol. The first kappa shape index (κ1) is 20.4. The minimum atomic E-state index is -0.491. The number of nitro benzene ring substituents is 2. The standard InChI is InChI=1S/C26H14N4O5/c31-26-21-6-2-4-15-3-1-5-20(22(15)21)25-27-23(16-7-11-18(12-8-16)29(32)33)24(28(25)26)17-9-13-19(14-10-17)30(34)35/h1-14H. The van der Waals surface area contributed by atoms with Gasteiger partial charge < -0.3 is 0 Å². The third kappa shape index (κ3) is 3.02. The number of fused-ring (bicyclic) bond motifs is 2. The highest BCUT2D eigenvalue weighted by Gasteiger charge is 2.23. The van der Waals surface area contributed by atoms with Gasteiger partial charge in [-0.2, -0.15) is 0 Å². The highest BCUT2D eigenvalue weighted by Crippen LogP contribution is 2.37. The summed E-state index contributed by atoms with van der Waals surface area (Å²) in [5, 5.41) is 25.4. The van der Waals surface area contributed by atoms with Crippen LogP contribution in [0.4, 0.5) is 11.4 Å². The second-order valence-corrected chi connectivity index (χ2v) is 8.09. The van der Waals surface area contributed by atoms with E-state index >= 15 is 0 Å². The number of hydrogen-bond donors (Lipinski definition) is 0. The predicted octanol–water partition coefficient (Wildman–Crippen LogP) is 5.59. The van der Waals surface area contributed by atoms with Gasteiger partial charge in [0.2, 0.25) is 0 Å². The third-order valence-electron chi connectivity index (χ3n) is 6.16. The summed E-state index contributed by atoms with van der Waals surface area (Å²) in [6.45, 7) is 0. The normalized spacial score (nSPS) is 11.4. The molecular formula is C26H14N4O5. The zero-order chi connectivity index (χ0) is 24.3. The van der Waals surface area contributed by atoms with Gasteiger partial charge in [-0.1, -0.05) is 30.3 Å². The lowest BCUT2D eigenvalue weighted by Gasteiger charge is -2.09. The molecule has 0 aliphatic carbocycles. The summed E-state index contributed by atoms with van der Waals surface area (Å²) in [5.74, 6) is 0. The van der Waals surface area contributed by atoms with Crippen molar-refractivity contribution in [2.24, 2.45) is 0 Å². The molecule has 0 saturated heterocycles. The number of imidazole rings is 1. The van der Waals surface area contributed by atoms with Gasteiger partial charge in [0.1, 0.15) is 5.65 Å². The van der Waals surface area contributed by atoms with Gasteiger partial charge in [0.15, 0.2) is 0 Å². The second kappa shape index (κ2) is 7.42. The average Bonchev–Trinajstić information content (AvgIpc) is 3.28. The molecule has 0 aliphatic heterocycles. The lowest BCUT2D eigenvalue weighted by molar-refractivity contribution is -0.385. The third-order valence-corrected chi connectivity index (χ3v) is 6.16. The molecule has 0 spiro atoms. The number of pyridine rings is 1. The second-order valence-electron chi connectivity index (χ2n) is 8.09. The Kier molecular flexibility index (Phi) is 4.33. The minimum Gasteiger partial charge on any atom is -0.268 e. The Morgan fingerprint density at radius 3 is 1.80 bits per heavy atom. The molecule has 2 heterocycles. The fourth-order valence-corrected chi connectivity index (χ4v) is 4.57. The van der Waals surface area contributed by atoms with Gasteiger partial charge in [-0.15, -0.1) is 0 Å². The van der Waals surface area contributed by atoms with Crippen molar-refractivity contribution in [1.29, 1.82) is 0 Å². The molecule has 9 heteroatoms. The molecule has 0 amide bonds. The summed E-state index contributed by atoms with van der Waals surface area (Å²) < 4.78 is 1.52. The van der Waals surface area contributed by atoms with Crippen molar-refractivity contribution in [3.8, 4) is 22.5 Å². The Bertz CT molecular complexity index is 1850. The van der Waals surface area contributed by atoms with Crippen LogP contribution in [0.2, 0.25) is 0 Å². The number of benzene rings is 4. The van der Waals surface area contributed by atoms with Gasteiger partial charge in [-0.05, 0) is 35.7 Å². The van der Waals surface area contributed by atoms with E-state index < -0.39 is 9.85 Å². The van der Waals surface area contributed by atoms with Crippen LogP contribution < -0.4 is 5.56 Å². The first-order valence-corrected chi connectivity index (χ1v) is 10.6. The molecule has 6 aromatic rings. The molecule has 0 saturated carbocycles. The van der Waals surface area contributed by atoms with Crippen LogP contribution in [-0.4, -0.2) is 19.2 Å². The van der Waals surface area contributed by atoms with Crippen molar-refractivity contribution < 1.29 is 9.85 Å². The summed E-state index contributed by atoms with van der Waals surface area (Å²) in [4.78, 5) is 40.0. The molecule has 9 nitrogen and oxygen atoms in total. The Morgan fingerprint density at radius 1 is 0.686 bits per heavy atom. The van der Waals surface area contributed by atoms with E-state index in [0.29, 0.717) is 33.5 Å². The average molecular weight is 462 g/mol. The maximum atomic E-state index is 13.8.